The van der Waals surface area contributed by atoms with Gasteiger partial charge in [-0.2, -0.15) is 0 Å². The maximum absolute atomic E-state index is 14.5. The summed E-state index contributed by atoms with van der Waals surface area (Å²) in [6.07, 6.45) is 0. The second kappa shape index (κ2) is 4.46. The fourth-order valence-electron chi connectivity index (χ4n) is 2.56. The monoisotopic (exact) mass is 348 g/mol. The topological polar surface area (TPSA) is 36.3 Å². The van der Waals surface area contributed by atoms with Crippen molar-refractivity contribution >= 4 is 27.0 Å². The number of halogens is 2. The Morgan fingerprint density at radius 1 is 1.19 bits per heavy atom. The van der Waals surface area contributed by atoms with Gasteiger partial charge in [0.05, 0.1) is 15.7 Å². The molecule has 0 atom stereocenters. The van der Waals surface area contributed by atoms with Crippen LogP contribution in [0.25, 0.3) is 16.7 Å². The number of aromatic nitrogens is 2. The van der Waals surface area contributed by atoms with Crippen molar-refractivity contribution < 1.29 is 13.9 Å². The van der Waals surface area contributed by atoms with Gasteiger partial charge < -0.3 is 9.47 Å². The Morgan fingerprint density at radius 2 is 2.00 bits per heavy atom. The minimum absolute atomic E-state index is 0.211. The summed E-state index contributed by atoms with van der Waals surface area (Å²) in [7, 11) is 0. The lowest BCUT2D eigenvalue weighted by atomic mass is 10.2. The molecule has 0 saturated carbocycles. The third-order valence-electron chi connectivity index (χ3n) is 3.49. The summed E-state index contributed by atoms with van der Waals surface area (Å²) in [5.74, 6) is 1.73. The van der Waals surface area contributed by atoms with Crippen molar-refractivity contribution in [3.8, 4) is 17.2 Å². The van der Waals surface area contributed by atoms with Gasteiger partial charge in [0.25, 0.3) is 0 Å². The molecule has 0 fully saturated rings. The van der Waals surface area contributed by atoms with Crippen LogP contribution in [0.3, 0.4) is 0 Å². The van der Waals surface area contributed by atoms with Gasteiger partial charge in [0.15, 0.2) is 17.3 Å². The Morgan fingerprint density at radius 3 is 2.86 bits per heavy atom. The molecule has 0 radical (unpaired) electrons. The van der Waals surface area contributed by atoms with Crippen LogP contribution in [0.2, 0.25) is 0 Å². The standard InChI is InChI=1S/C15H10BrFN2O2/c1-8-18-11-4-3-10(16)14(17)15(11)19(8)9-2-5-12-13(6-9)21-7-20-12/h2-6H,7H2,1H3. The number of imidazole rings is 1. The van der Waals surface area contributed by atoms with Crippen LogP contribution in [-0.4, -0.2) is 16.3 Å². The number of benzene rings is 2. The molecule has 0 N–H and O–H groups in total. The van der Waals surface area contributed by atoms with Crippen LogP contribution >= 0.6 is 15.9 Å². The smallest absolute Gasteiger partial charge is 0.231 e. The molecule has 0 bridgehead atoms. The molecule has 1 aliphatic rings. The van der Waals surface area contributed by atoms with Gasteiger partial charge in [-0.3, -0.25) is 4.57 Å². The molecule has 0 unspecified atom stereocenters. The van der Waals surface area contributed by atoms with Gasteiger partial charge in [-0.15, -0.1) is 0 Å². The number of ether oxygens (including phenoxy) is 2. The molecule has 0 amide bonds. The fourth-order valence-corrected chi connectivity index (χ4v) is 2.88. The number of fused-ring (bicyclic) bond motifs is 2. The van der Waals surface area contributed by atoms with Crippen LogP contribution in [0.4, 0.5) is 4.39 Å². The highest BCUT2D eigenvalue weighted by Gasteiger charge is 2.19. The summed E-state index contributed by atoms with van der Waals surface area (Å²) in [6, 6.07) is 8.96. The Labute approximate surface area is 128 Å². The van der Waals surface area contributed by atoms with E-state index in [9.17, 15) is 4.39 Å². The van der Waals surface area contributed by atoms with E-state index in [-0.39, 0.29) is 12.6 Å². The average Bonchev–Trinajstić information content (AvgIpc) is 3.06. The molecule has 1 aliphatic heterocycles. The van der Waals surface area contributed by atoms with Crippen LogP contribution in [-0.2, 0) is 0 Å². The third kappa shape index (κ3) is 1.82. The zero-order chi connectivity index (χ0) is 14.6. The number of nitrogens with zero attached hydrogens (tertiary/aromatic N) is 2. The zero-order valence-corrected chi connectivity index (χ0v) is 12.6. The van der Waals surface area contributed by atoms with E-state index >= 15 is 0 Å². The summed E-state index contributed by atoms with van der Waals surface area (Å²) in [5, 5.41) is 0. The molecule has 0 saturated heterocycles. The Hall–Kier alpha value is -2.08. The lowest BCUT2D eigenvalue weighted by Gasteiger charge is -2.09. The van der Waals surface area contributed by atoms with Crippen molar-refractivity contribution in [1.29, 1.82) is 0 Å². The van der Waals surface area contributed by atoms with Gasteiger partial charge in [0.1, 0.15) is 11.3 Å². The van der Waals surface area contributed by atoms with Crippen LogP contribution in [0.1, 0.15) is 5.82 Å². The summed E-state index contributed by atoms with van der Waals surface area (Å²) >= 11 is 3.22. The highest BCUT2D eigenvalue weighted by molar-refractivity contribution is 9.10. The van der Waals surface area contributed by atoms with Crippen LogP contribution in [0, 0.1) is 12.7 Å². The zero-order valence-electron chi connectivity index (χ0n) is 11.1. The predicted octanol–water partition coefficient (Wildman–Crippen LogP) is 3.96. The van der Waals surface area contributed by atoms with E-state index in [4.69, 9.17) is 9.47 Å². The highest BCUT2D eigenvalue weighted by atomic mass is 79.9. The van der Waals surface area contributed by atoms with E-state index in [0.717, 1.165) is 5.69 Å². The number of hydrogen-bond donors (Lipinski definition) is 0. The maximum Gasteiger partial charge on any atom is 0.231 e. The molecule has 2 aromatic carbocycles. The summed E-state index contributed by atoms with van der Waals surface area (Å²) < 4.78 is 27.3. The molecule has 6 heteroatoms. The molecule has 4 nitrogen and oxygen atoms in total. The molecule has 106 valence electrons. The second-order valence-corrected chi connectivity index (χ2v) is 5.62. The van der Waals surface area contributed by atoms with Crippen molar-refractivity contribution in [3.05, 3.63) is 46.4 Å². The molecule has 1 aromatic heterocycles. The Balaban J connectivity index is 2.02. The molecule has 0 aliphatic carbocycles. The van der Waals surface area contributed by atoms with E-state index < -0.39 is 0 Å². The fraction of sp³-hybridized carbons (Fsp3) is 0.133. The highest BCUT2D eigenvalue weighted by Crippen LogP contribution is 2.35. The van der Waals surface area contributed by atoms with Gasteiger partial charge >= 0.3 is 0 Å². The quantitative estimate of drug-likeness (QED) is 0.667. The molecular formula is C15H10BrFN2O2. The lowest BCUT2D eigenvalue weighted by Crippen LogP contribution is -1.98. The Kier molecular flexibility index (Phi) is 2.68. The number of rotatable bonds is 1. The first-order valence-corrected chi connectivity index (χ1v) is 7.17. The minimum Gasteiger partial charge on any atom is -0.454 e. The van der Waals surface area contributed by atoms with E-state index in [0.29, 0.717) is 32.8 Å². The van der Waals surface area contributed by atoms with Gasteiger partial charge in [-0.1, -0.05) is 0 Å². The summed E-state index contributed by atoms with van der Waals surface area (Å²) in [4.78, 5) is 4.42. The van der Waals surface area contributed by atoms with Crippen molar-refractivity contribution in [2.75, 3.05) is 6.79 Å². The molecule has 0 spiro atoms. The van der Waals surface area contributed by atoms with E-state index in [1.54, 1.807) is 16.7 Å². The van der Waals surface area contributed by atoms with E-state index in [2.05, 4.69) is 20.9 Å². The van der Waals surface area contributed by atoms with Crippen LogP contribution in [0.5, 0.6) is 11.5 Å². The van der Waals surface area contributed by atoms with Crippen molar-refractivity contribution in [3.63, 3.8) is 0 Å². The van der Waals surface area contributed by atoms with Crippen LogP contribution in [0.15, 0.2) is 34.8 Å². The van der Waals surface area contributed by atoms with E-state index in [1.165, 1.54) is 0 Å². The number of aryl methyl sites for hydroxylation is 1. The molecule has 3 aromatic rings. The summed E-state index contributed by atoms with van der Waals surface area (Å²) in [5.41, 5.74) is 1.85. The Bertz CT molecular complexity index is 876. The van der Waals surface area contributed by atoms with Crippen molar-refractivity contribution in [1.82, 2.24) is 9.55 Å². The van der Waals surface area contributed by atoms with Gasteiger partial charge in [0, 0.05) is 6.07 Å². The molecule has 4 rings (SSSR count). The average molecular weight is 349 g/mol. The third-order valence-corrected chi connectivity index (χ3v) is 4.10. The van der Waals surface area contributed by atoms with Crippen molar-refractivity contribution in [2.45, 2.75) is 6.92 Å². The van der Waals surface area contributed by atoms with Gasteiger partial charge in [-0.05, 0) is 47.1 Å². The maximum atomic E-state index is 14.5. The largest absolute Gasteiger partial charge is 0.454 e. The first kappa shape index (κ1) is 12.6. The molecule has 2 heterocycles. The predicted molar refractivity (Wildman–Crippen MR) is 79.6 cm³/mol. The lowest BCUT2D eigenvalue weighted by molar-refractivity contribution is 0.174. The minimum atomic E-state index is -0.328. The number of hydrogen-bond acceptors (Lipinski definition) is 3. The first-order valence-electron chi connectivity index (χ1n) is 6.38. The van der Waals surface area contributed by atoms with Gasteiger partial charge in [0.2, 0.25) is 6.79 Å². The molecule has 21 heavy (non-hydrogen) atoms. The SMILES string of the molecule is Cc1nc2ccc(Br)c(F)c2n1-c1ccc2c(c1)OCO2. The first-order chi connectivity index (χ1) is 10.1. The van der Waals surface area contributed by atoms with E-state index in [1.807, 2.05) is 25.1 Å². The van der Waals surface area contributed by atoms with Gasteiger partial charge in [-0.25, -0.2) is 9.37 Å². The second-order valence-electron chi connectivity index (χ2n) is 4.76. The van der Waals surface area contributed by atoms with Crippen LogP contribution < -0.4 is 9.47 Å². The molecular weight excluding hydrogens is 339 g/mol. The normalized spacial score (nSPS) is 13.1. The van der Waals surface area contributed by atoms with Crippen molar-refractivity contribution in [2.24, 2.45) is 0 Å². The summed E-state index contributed by atoms with van der Waals surface area (Å²) in [6.45, 7) is 2.06.